The summed E-state index contributed by atoms with van der Waals surface area (Å²) >= 11 is 0. The highest BCUT2D eigenvalue weighted by molar-refractivity contribution is 7.88. The van der Waals surface area contributed by atoms with Crippen molar-refractivity contribution in [3.63, 3.8) is 0 Å². The van der Waals surface area contributed by atoms with Crippen molar-refractivity contribution in [3.05, 3.63) is 42.1 Å². The lowest BCUT2D eigenvalue weighted by molar-refractivity contribution is 0.0194. The molecule has 3 heterocycles. The summed E-state index contributed by atoms with van der Waals surface area (Å²) < 4.78 is 31.0. The summed E-state index contributed by atoms with van der Waals surface area (Å²) in [5.41, 5.74) is 1.48. The molecule has 0 bridgehead atoms. The highest BCUT2D eigenvalue weighted by Crippen LogP contribution is 2.24. The van der Waals surface area contributed by atoms with E-state index in [1.165, 1.54) is 6.26 Å². The Labute approximate surface area is 183 Å². The smallest absolute Gasteiger partial charge is 0.251 e. The van der Waals surface area contributed by atoms with Crippen molar-refractivity contribution in [3.8, 4) is 0 Å². The molecule has 0 radical (unpaired) electrons. The van der Waals surface area contributed by atoms with Gasteiger partial charge in [0.05, 0.1) is 11.8 Å². The molecule has 1 aromatic carbocycles. The zero-order valence-electron chi connectivity index (χ0n) is 17.9. The molecule has 0 saturated carbocycles. The Bertz CT molecular complexity index is 1020. The van der Waals surface area contributed by atoms with Gasteiger partial charge in [0, 0.05) is 68.6 Å². The number of benzene rings is 1. The zero-order valence-corrected chi connectivity index (χ0v) is 18.7. The van der Waals surface area contributed by atoms with Crippen LogP contribution in [0.25, 0.3) is 10.9 Å². The number of ether oxygens (including phenoxy) is 1. The van der Waals surface area contributed by atoms with Gasteiger partial charge in [-0.2, -0.15) is 0 Å². The van der Waals surface area contributed by atoms with Crippen LogP contribution >= 0.6 is 0 Å². The van der Waals surface area contributed by atoms with Gasteiger partial charge in [-0.15, -0.1) is 0 Å². The lowest BCUT2D eigenvalue weighted by Gasteiger charge is -2.38. The minimum absolute atomic E-state index is 0.109. The van der Waals surface area contributed by atoms with Crippen molar-refractivity contribution in [2.45, 2.75) is 31.3 Å². The number of hydrogen-bond acceptors (Lipinski definition) is 6. The molecule has 2 fully saturated rings. The normalized spacial score (nSPS) is 21.0. The third kappa shape index (κ3) is 5.41. The number of nitrogens with zero attached hydrogens (tertiary/aromatic N) is 3. The molecular weight excluding hydrogens is 416 g/mol. The van der Waals surface area contributed by atoms with Crippen molar-refractivity contribution < 1.29 is 17.9 Å². The second-order valence-electron chi connectivity index (χ2n) is 8.31. The average Bonchev–Trinajstić information content (AvgIpc) is 3.27. The number of pyridine rings is 1. The second kappa shape index (κ2) is 9.60. The first-order chi connectivity index (χ1) is 14.9. The fraction of sp³-hybridized carbons (Fsp3) is 0.545. The third-order valence-electron chi connectivity index (χ3n) is 6.24. The van der Waals surface area contributed by atoms with E-state index in [0.717, 1.165) is 43.4 Å². The molecule has 168 valence electrons. The van der Waals surface area contributed by atoms with Crippen LogP contribution in [0, 0.1) is 0 Å². The van der Waals surface area contributed by atoms with E-state index in [4.69, 9.17) is 4.74 Å². The lowest BCUT2D eigenvalue weighted by Crippen LogP contribution is -2.50. The summed E-state index contributed by atoms with van der Waals surface area (Å²) in [6.45, 7) is 3.72. The SMILES string of the molecule is CS(=O)(=O)N1CCC(N(CCNC(=O)c2ccc3ncccc3c2)C2CCOCC2)C1. The molecule has 1 N–H and O–H groups in total. The number of carbonyl (C=O) groups excluding carboxylic acids is 1. The summed E-state index contributed by atoms with van der Waals surface area (Å²) in [5, 5.41) is 3.97. The van der Waals surface area contributed by atoms with Crippen molar-refractivity contribution in [1.82, 2.24) is 19.5 Å². The summed E-state index contributed by atoms with van der Waals surface area (Å²) in [5.74, 6) is -0.109. The van der Waals surface area contributed by atoms with E-state index in [-0.39, 0.29) is 11.9 Å². The topological polar surface area (TPSA) is 91.8 Å². The van der Waals surface area contributed by atoms with Gasteiger partial charge in [-0.1, -0.05) is 6.07 Å². The van der Waals surface area contributed by atoms with Crippen LogP contribution < -0.4 is 5.32 Å². The first-order valence-corrected chi connectivity index (χ1v) is 12.7. The largest absolute Gasteiger partial charge is 0.381 e. The van der Waals surface area contributed by atoms with Crippen molar-refractivity contribution in [2.24, 2.45) is 0 Å². The van der Waals surface area contributed by atoms with Crippen LogP contribution in [-0.2, 0) is 14.8 Å². The number of rotatable bonds is 7. The molecule has 1 unspecified atom stereocenters. The molecule has 0 aliphatic carbocycles. The number of fused-ring (bicyclic) bond motifs is 1. The summed E-state index contributed by atoms with van der Waals surface area (Å²) in [6, 6.07) is 9.83. The van der Waals surface area contributed by atoms with Gasteiger partial charge >= 0.3 is 0 Å². The Hall–Kier alpha value is -2.07. The van der Waals surface area contributed by atoms with Crippen LogP contribution in [0.5, 0.6) is 0 Å². The van der Waals surface area contributed by atoms with Gasteiger partial charge in [0.2, 0.25) is 10.0 Å². The Balaban J connectivity index is 1.39. The summed E-state index contributed by atoms with van der Waals surface area (Å²) in [6.07, 6.45) is 5.69. The number of amides is 1. The fourth-order valence-corrected chi connectivity index (χ4v) is 5.46. The number of nitrogens with one attached hydrogen (secondary N) is 1. The van der Waals surface area contributed by atoms with E-state index >= 15 is 0 Å². The molecule has 1 amide bonds. The van der Waals surface area contributed by atoms with Gasteiger partial charge in [0.25, 0.3) is 5.91 Å². The van der Waals surface area contributed by atoms with E-state index in [1.54, 1.807) is 16.6 Å². The maximum atomic E-state index is 12.7. The minimum Gasteiger partial charge on any atom is -0.381 e. The van der Waals surface area contributed by atoms with Crippen molar-refractivity contribution in [1.29, 1.82) is 0 Å². The molecule has 2 saturated heterocycles. The molecule has 1 aromatic heterocycles. The van der Waals surface area contributed by atoms with Crippen LogP contribution in [0.3, 0.4) is 0 Å². The standard InChI is InChI=1S/C22H30N4O4S/c1-31(28,29)25-11-6-20(16-25)26(19-7-13-30-14-8-19)12-10-24-22(27)18-4-5-21-17(15-18)3-2-9-23-21/h2-5,9,15,19-20H,6-8,10-14,16H2,1H3,(H,24,27). The monoisotopic (exact) mass is 446 g/mol. The first kappa shape index (κ1) is 22.1. The minimum atomic E-state index is -3.18. The fourth-order valence-electron chi connectivity index (χ4n) is 4.58. The van der Waals surface area contributed by atoms with Gasteiger partial charge < -0.3 is 10.1 Å². The molecule has 1 atom stereocenters. The molecule has 2 aliphatic rings. The maximum absolute atomic E-state index is 12.7. The van der Waals surface area contributed by atoms with E-state index < -0.39 is 10.0 Å². The van der Waals surface area contributed by atoms with Crippen LogP contribution in [0.4, 0.5) is 0 Å². The Morgan fingerprint density at radius 2 is 2.03 bits per heavy atom. The molecule has 4 rings (SSSR count). The molecule has 2 aliphatic heterocycles. The van der Waals surface area contributed by atoms with Gasteiger partial charge in [-0.3, -0.25) is 14.7 Å². The second-order valence-corrected chi connectivity index (χ2v) is 10.3. The zero-order chi connectivity index (χ0) is 21.8. The quantitative estimate of drug-likeness (QED) is 0.693. The Morgan fingerprint density at radius 3 is 2.77 bits per heavy atom. The molecule has 8 nitrogen and oxygen atoms in total. The van der Waals surface area contributed by atoms with Gasteiger partial charge in [-0.05, 0) is 43.5 Å². The Morgan fingerprint density at radius 1 is 1.23 bits per heavy atom. The number of aromatic nitrogens is 1. The summed E-state index contributed by atoms with van der Waals surface area (Å²) in [4.78, 5) is 19.4. The van der Waals surface area contributed by atoms with Gasteiger partial charge in [0.1, 0.15) is 0 Å². The molecular formula is C22H30N4O4S. The predicted molar refractivity (Wildman–Crippen MR) is 119 cm³/mol. The summed E-state index contributed by atoms with van der Waals surface area (Å²) in [7, 11) is -3.18. The Kier molecular flexibility index (Phi) is 6.86. The highest BCUT2D eigenvalue weighted by atomic mass is 32.2. The van der Waals surface area contributed by atoms with E-state index in [0.29, 0.717) is 37.8 Å². The van der Waals surface area contributed by atoms with E-state index in [1.807, 2.05) is 24.3 Å². The van der Waals surface area contributed by atoms with Gasteiger partial charge in [-0.25, -0.2) is 12.7 Å². The number of hydrogen-bond donors (Lipinski definition) is 1. The first-order valence-electron chi connectivity index (χ1n) is 10.8. The molecule has 31 heavy (non-hydrogen) atoms. The molecule has 2 aromatic rings. The number of sulfonamides is 1. The average molecular weight is 447 g/mol. The van der Waals surface area contributed by atoms with Crippen LogP contribution in [-0.4, -0.2) is 86.2 Å². The predicted octanol–water partition coefficient (Wildman–Crippen LogP) is 1.48. The van der Waals surface area contributed by atoms with Crippen molar-refractivity contribution >= 4 is 26.8 Å². The lowest BCUT2D eigenvalue weighted by atomic mass is 10.0. The maximum Gasteiger partial charge on any atom is 0.251 e. The van der Waals surface area contributed by atoms with Crippen LogP contribution in [0.15, 0.2) is 36.5 Å². The van der Waals surface area contributed by atoms with Crippen molar-refractivity contribution in [2.75, 3.05) is 45.6 Å². The van der Waals surface area contributed by atoms with Crippen LogP contribution in [0.1, 0.15) is 29.6 Å². The molecule has 0 spiro atoms. The van der Waals surface area contributed by atoms with E-state index in [9.17, 15) is 13.2 Å². The number of carbonyl (C=O) groups is 1. The van der Waals surface area contributed by atoms with Gasteiger partial charge in [0.15, 0.2) is 0 Å². The van der Waals surface area contributed by atoms with Crippen LogP contribution in [0.2, 0.25) is 0 Å². The highest BCUT2D eigenvalue weighted by Gasteiger charge is 2.35. The molecule has 9 heteroatoms. The van der Waals surface area contributed by atoms with E-state index in [2.05, 4.69) is 15.2 Å². The third-order valence-corrected chi connectivity index (χ3v) is 7.51.